The smallest absolute Gasteiger partial charge is 0.160 e. The molecule has 0 bridgehead atoms. The van der Waals surface area contributed by atoms with Crippen molar-refractivity contribution in [1.29, 1.82) is 0 Å². The van der Waals surface area contributed by atoms with Crippen molar-refractivity contribution >= 4 is 54.1 Å². The van der Waals surface area contributed by atoms with Crippen LogP contribution in [0, 0.1) is 0 Å². The first-order valence-corrected chi connectivity index (χ1v) is 22.9. The molecule has 0 atom stereocenters. The first-order valence-electron chi connectivity index (χ1n) is 22.9. The molecule has 0 unspecified atom stereocenters. The summed E-state index contributed by atoms with van der Waals surface area (Å²) in [5.74, 6) is 0.678. The first kappa shape index (κ1) is 38.5. The summed E-state index contributed by atoms with van der Waals surface area (Å²) in [6.45, 7) is 0. The van der Waals surface area contributed by atoms with E-state index >= 15 is 0 Å². The molecule has 0 saturated heterocycles. The summed E-state index contributed by atoms with van der Waals surface area (Å²) in [7, 11) is 0. The third kappa shape index (κ3) is 6.59. The van der Waals surface area contributed by atoms with Crippen LogP contribution in [-0.4, -0.2) is 14.5 Å². The number of benzene rings is 11. The number of para-hydroxylation sites is 2. The second-order valence-electron chi connectivity index (χ2n) is 17.3. The molecule has 0 saturated carbocycles. The van der Waals surface area contributed by atoms with Gasteiger partial charge in [0.2, 0.25) is 0 Å². The molecule has 0 aliphatic heterocycles. The van der Waals surface area contributed by atoms with Gasteiger partial charge in [-0.2, -0.15) is 0 Å². The molecule has 0 aliphatic carbocycles. The fourth-order valence-electron chi connectivity index (χ4n) is 10.3. The van der Waals surface area contributed by atoms with Gasteiger partial charge in [0.15, 0.2) is 5.82 Å². The second kappa shape index (κ2) is 16.0. The Hall–Kier alpha value is -8.92. The maximum atomic E-state index is 5.43. The fraction of sp³-hybridized carbons (Fsp3) is 0. The van der Waals surface area contributed by atoms with E-state index in [-0.39, 0.29) is 0 Å². The summed E-state index contributed by atoms with van der Waals surface area (Å²) in [5.41, 5.74) is 15.2. The van der Waals surface area contributed by atoms with E-state index in [9.17, 15) is 0 Å². The average Bonchev–Trinajstić information content (AvgIpc) is 3.75. The number of hydrogen-bond acceptors (Lipinski definition) is 2. The molecule has 11 aromatic carbocycles. The van der Waals surface area contributed by atoms with Crippen LogP contribution in [0.15, 0.2) is 249 Å². The molecule has 3 heteroatoms. The number of rotatable bonds is 7. The molecule has 0 fully saturated rings. The van der Waals surface area contributed by atoms with E-state index in [1.807, 2.05) is 0 Å². The van der Waals surface area contributed by atoms with Crippen molar-refractivity contribution in [3.63, 3.8) is 0 Å². The van der Waals surface area contributed by atoms with Gasteiger partial charge in [0.1, 0.15) is 0 Å². The summed E-state index contributed by atoms with van der Waals surface area (Å²) < 4.78 is 2.38. The molecular weight excluding hydrogens is 811 g/mol. The third-order valence-electron chi connectivity index (χ3n) is 13.4. The van der Waals surface area contributed by atoms with Crippen molar-refractivity contribution in [3.05, 3.63) is 249 Å². The van der Waals surface area contributed by atoms with E-state index in [0.29, 0.717) is 5.82 Å². The van der Waals surface area contributed by atoms with E-state index in [1.54, 1.807) is 0 Å². The molecule has 0 aliphatic rings. The van der Waals surface area contributed by atoms with Crippen LogP contribution in [-0.2, 0) is 0 Å². The maximum Gasteiger partial charge on any atom is 0.160 e. The Morgan fingerprint density at radius 1 is 0.284 bits per heavy atom. The van der Waals surface area contributed by atoms with Gasteiger partial charge in [-0.05, 0) is 102 Å². The molecule has 2 heterocycles. The quantitative estimate of drug-likeness (QED) is 0.118. The summed E-state index contributed by atoms with van der Waals surface area (Å²) >= 11 is 0. The third-order valence-corrected chi connectivity index (χ3v) is 13.4. The topological polar surface area (TPSA) is 30.7 Å². The molecule has 13 rings (SSSR count). The van der Waals surface area contributed by atoms with Crippen LogP contribution in [0.1, 0.15) is 0 Å². The summed E-state index contributed by atoms with van der Waals surface area (Å²) in [6, 6.07) is 89.4. The van der Waals surface area contributed by atoms with Gasteiger partial charge in [-0.1, -0.05) is 212 Å². The monoisotopic (exact) mass is 851 g/mol. The minimum Gasteiger partial charge on any atom is -0.309 e. The van der Waals surface area contributed by atoms with Crippen molar-refractivity contribution in [1.82, 2.24) is 14.5 Å². The van der Waals surface area contributed by atoms with Crippen molar-refractivity contribution < 1.29 is 0 Å². The molecule has 0 radical (unpaired) electrons. The molecule has 0 spiro atoms. The summed E-state index contributed by atoms with van der Waals surface area (Å²) in [4.78, 5) is 10.8. The Morgan fingerprint density at radius 3 is 1.66 bits per heavy atom. The van der Waals surface area contributed by atoms with Gasteiger partial charge >= 0.3 is 0 Å². The molecule has 0 amide bonds. The van der Waals surface area contributed by atoms with Crippen LogP contribution in [0.2, 0.25) is 0 Å². The van der Waals surface area contributed by atoms with Crippen LogP contribution in [0.4, 0.5) is 0 Å². The van der Waals surface area contributed by atoms with Crippen LogP contribution in [0.3, 0.4) is 0 Å². The van der Waals surface area contributed by atoms with E-state index in [1.165, 1.54) is 65.3 Å². The molecule has 13 aromatic rings. The largest absolute Gasteiger partial charge is 0.309 e. The van der Waals surface area contributed by atoms with E-state index in [4.69, 9.17) is 9.97 Å². The van der Waals surface area contributed by atoms with Gasteiger partial charge in [0.25, 0.3) is 0 Å². The molecule has 67 heavy (non-hydrogen) atoms. The number of hydrogen-bond donors (Lipinski definition) is 0. The van der Waals surface area contributed by atoms with Crippen LogP contribution in [0.5, 0.6) is 0 Å². The average molecular weight is 852 g/mol. The zero-order valence-corrected chi connectivity index (χ0v) is 36.5. The highest BCUT2D eigenvalue weighted by Crippen LogP contribution is 2.43. The Morgan fingerprint density at radius 2 is 0.851 bits per heavy atom. The Kier molecular flexibility index (Phi) is 9.17. The molecular formula is C64H41N3. The van der Waals surface area contributed by atoms with E-state index < -0.39 is 0 Å². The van der Waals surface area contributed by atoms with Crippen LogP contribution >= 0.6 is 0 Å². The van der Waals surface area contributed by atoms with Gasteiger partial charge < -0.3 is 4.57 Å². The van der Waals surface area contributed by atoms with Crippen molar-refractivity contribution in [2.75, 3.05) is 0 Å². The highest BCUT2D eigenvalue weighted by molar-refractivity contribution is 6.20. The second-order valence-corrected chi connectivity index (χ2v) is 17.3. The highest BCUT2D eigenvalue weighted by atomic mass is 15.0. The molecule has 312 valence electrons. The minimum atomic E-state index is 0.678. The van der Waals surface area contributed by atoms with E-state index in [0.717, 1.165) is 56.0 Å². The van der Waals surface area contributed by atoms with Gasteiger partial charge in [-0.25, -0.2) is 9.97 Å². The van der Waals surface area contributed by atoms with Gasteiger partial charge in [-0.3, -0.25) is 0 Å². The lowest BCUT2D eigenvalue weighted by atomic mass is 9.89. The predicted octanol–water partition coefficient (Wildman–Crippen LogP) is 17.0. The number of fused-ring (bicyclic) bond motifs is 7. The minimum absolute atomic E-state index is 0.678. The Labute approximate surface area is 388 Å². The number of aromatic nitrogens is 3. The van der Waals surface area contributed by atoms with Gasteiger partial charge in [0.05, 0.1) is 22.4 Å². The zero-order chi connectivity index (χ0) is 44.3. The van der Waals surface area contributed by atoms with Gasteiger partial charge in [-0.15, -0.1) is 0 Å². The Balaban J connectivity index is 0.988. The highest BCUT2D eigenvalue weighted by Gasteiger charge is 2.20. The maximum absolute atomic E-state index is 5.43. The lowest BCUT2D eigenvalue weighted by Crippen LogP contribution is -1.97. The SMILES string of the molecule is c1ccc(-c2ccc(-c3nc(-c4ccc(-c5c6ccccc6cc6c5ccc5ccccc56)cc4)cc(-c4ccccc4-c4cccc5c4c4ccccc4n5-c4ccccc4)n3)cc2)cc1. The molecule has 2 aromatic heterocycles. The fourth-order valence-corrected chi connectivity index (χ4v) is 10.3. The Bertz CT molecular complexity index is 4000. The summed E-state index contributed by atoms with van der Waals surface area (Å²) in [5, 5.41) is 9.91. The lowest BCUT2D eigenvalue weighted by molar-refractivity contribution is 1.18. The van der Waals surface area contributed by atoms with Crippen molar-refractivity contribution in [3.8, 4) is 73.0 Å². The lowest BCUT2D eigenvalue weighted by Gasteiger charge is -2.15. The van der Waals surface area contributed by atoms with E-state index in [2.05, 4.69) is 253 Å². The van der Waals surface area contributed by atoms with Crippen molar-refractivity contribution in [2.24, 2.45) is 0 Å². The standard InChI is InChI=1S/C64H41N3/c1-3-16-42(17-4-1)43-30-36-47(37-31-43)64-65-58(45-32-34-46(35-33-45)62-51-23-10-8-19-48(51)40-57-50-22-9-7-18-44(50)38-39-55(57)62)41-59(66-64)53-25-12-11-24-52(53)54-27-15-29-61-63(54)56-26-13-14-28-60(56)67(61)49-20-5-2-6-21-49/h1-41H. The van der Waals surface area contributed by atoms with Crippen molar-refractivity contribution in [2.45, 2.75) is 0 Å². The summed E-state index contributed by atoms with van der Waals surface area (Å²) in [6.07, 6.45) is 0. The normalized spacial score (nSPS) is 11.6. The zero-order valence-electron chi connectivity index (χ0n) is 36.5. The van der Waals surface area contributed by atoms with Crippen LogP contribution < -0.4 is 0 Å². The van der Waals surface area contributed by atoms with Crippen LogP contribution in [0.25, 0.3) is 127 Å². The number of nitrogens with zero attached hydrogens (tertiary/aromatic N) is 3. The molecule has 0 N–H and O–H groups in total. The predicted molar refractivity (Wildman–Crippen MR) is 282 cm³/mol. The van der Waals surface area contributed by atoms with Gasteiger partial charge in [0, 0.05) is 33.2 Å². The molecule has 3 nitrogen and oxygen atoms in total. The first-order chi connectivity index (χ1) is 33.2.